The number of piperidine rings is 1. The Kier molecular flexibility index (Phi) is 4.36. The van der Waals surface area contributed by atoms with E-state index in [1.807, 2.05) is 31.2 Å². The van der Waals surface area contributed by atoms with Crippen molar-refractivity contribution < 1.29 is 22.7 Å². The molecule has 1 aromatic carbocycles. The first kappa shape index (κ1) is 17.9. The third-order valence-corrected chi connectivity index (χ3v) is 5.34. The summed E-state index contributed by atoms with van der Waals surface area (Å²) in [7, 11) is 0. The number of nitrogens with zero attached hydrogens (tertiary/aromatic N) is 3. The van der Waals surface area contributed by atoms with Gasteiger partial charge >= 0.3 is 6.18 Å². The molecule has 2 aliphatic heterocycles. The summed E-state index contributed by atoms with van der Waals surface area (Å²) in [6.45, 7) is 2.87. The number of rotatable bonds is 2. The van der Waals surface area contributed by atoms with E-state index in [-0.39, 0.29) is 17.9 Å². The predicted octanol–water partition coefficient (Wildman–Crippen LogP) is 3.63. The van der Waals surface area contributed by atoms with Gasteiger partial charge < -0.3 is 9.64 Å². The van der Waals surface area contributed by atoms with Gasteiger partial charge in [0.15, 0.2) is 11.8 Å². The van der Waals surface area contributed by atoms with Crippen molar-refractivity contribution in [2.75, 3.05) is 13.1 Å². The second kappa shape index (κ2) is 6.58. The monoisotopic (exact) mass is 379 g/mol. The van der Waals surface area contributed by atoms with Gasteiger partial charge in [-0.25, -0.2) is 0 Å². The zero-order valence-corrected chi connectivity index (χ0v) is 14.8. The quantitative estimate of drug-likeness (QED) is 0.801. The lowest BCUT2D eigenvalue weighted by Crippen LogP contribution is -2.47. The fourth-order valence-corrected chi connectivity index (χ4v) is 3.87. The van der Waals surface area contributed by atoms with Gasteiger partial charge in [0, 0.05) is 30.8 Å². The van der Waals surface area contributed by atoms with Crippen LogP contribution in [-0.2, 0) is 11.0 Å². The molecular weight excluding hydrogens is 359 g/mol. The first-order valence-electron chi connectivity index (χ1n) is 9.01. The van der Waals surface area contributed by atoms with Gasteiger partial charge in [-0.3, -0.25) is 9.48 Å². The van der Waals surface area contributed by atoms with Crippen molar-refractivity contribution in [3.8, 4) is 5.75 Å². The summed E-state index contributed by atoms with van der Waals surface area (Å²) in [6, 6.07) is 8.29. The molecule has 2 aromatic rings. The topological polar surface area (TPSA) is 47.4 Å². The third-order valence-electron chi connectivity index (χ3n) is 5.34. The van der Waals surface area contributed by atoms with E-state index < -0.39 is 18.0 Å². The van der Waals surface area contributed by atoms with Crippen molar-refractivity contribution >= 4 is 5.91 Å². The van der Waals surface area contributed by atoms with Crippen LogP contribution in [0.4, 0.5) is 13.2 Å². The maximum atomic E-state index is 13.0. The number of hydrogen-bond acceptors (Lipinski definition) is 3. The minimum atomic E-state index is -4.46. The van der Waals surface area contributed by atoms with Gasteiger partial charge in [0.2, 0.25) is 0 Å². The summed E-state index contributed by atoms with van der Waals surface area (Å²) in [5.41, 5.74) is 0.0976. The molecule has 1 aromatic heterocycles. The average molecular weight is 379 g/mol. The number of hydrogen-bond donors (Lipinski definition) is 0. The highest BCUT2D eigenvalue weighted by Crippen LogP contribution is 2.39. The van der Waals surface area contributed by atoms with Crippen molar-refractivity contribution in [3.63, 3.8) is 0 Å². The maximum absolute atomic E-state index is 13.0. The Morgan fingerprint density at radius 1 is 1.26 bits per heavy atom. The van der Waals surface area contributed by atoms with Crippen molar-refractivity contribution in [2.45, 2.75) is 44.0 Å². The van der Waals surface area contributed by atoms with E-state index in [4.69, 9.17) is 4.74 Å². The lowest BCUT2D eigenvalue weighted by molar-refractivity contribution is -0.143. The van der Waals surface area contributed by atoms with E-state index in [0.29, 0.717) is 25.9 Å². The van der Waals surface area contributed by atoms with Crippen molar-refractivity contribution in [3.05, 3.63) is 47.8 Å². The van der Waals surface area contributed by atoms with Crippen LogP contribution in [0.25, 0.3) is 0 Å². The van der Waals surface area contributed by atoms with Crippen LogP contribution in [0.1, 0.15) is 43.0 Å². The Labute approximate surface area is 154 Å². The van der Waals surface area contributed by atoms with E-state index in [1.54, 1.807) is 4.90 Å². The molecule has 0 saturated carbocycles. The average Bonchev–Trinajstić information content (AvgIpc) is 3.27. The molecule has 1 fully saturated rings. The normalized spacial score (nSPS) is 25.2. The third kappa shape index (κ3) is 3.28. The fourth-order valence-electron chi connectivity index (χ4n) is 3.87. The van der Waals surface area contributed by atoms with Gasteiger partial charge in [-0.05, 0) is 25.0 Å². The second-order valence-corrected chi connectivity index (χ2v) is 7.12. The van der Waals surface area contributed by atoms with Gasteiger partial charge in [-0.2, -0.15) is 18.3 Å². The molecule has 3 unspecified atom stereocenters. The fraction of sp³-hybridized carbons (Fsp3) is 0.474. The summed E-state index contributed by atoms with van der Waals surface area (Å²) in [4.78, 5) is 14.7. The molecule has 0 aliphatic carbocycles. The Balaban J connectivity index is 1.47. The maximum Gasteiger partial charge on any atom is 0.435 e. The minimum absolute atomic E-state index is 0.0596. The predicted molar refractivity (Wildman–Crippen MR) is 91.4 cm³/mol. The van der Waals surface area contributed by atoms with E-state index in [2.05, 4.69) is 5.10 Å². The number of alkyl halides is 3. The van der Waals surface area contributed by atoms with Crippen LogP contribution in [0.2, 0.25) is 0 Å². The molecule has 0 bridgehead atoms. The number of amides is 1. The Morgan fingerprint density at radius 3 is 2.74 bits per heavy atom. The molecule has 1 saturated heterocycles. The molecule has 5 nitrogen and oxygen atoms in total. The zero-order valence-electron chi connectivity index (χ0n) is 14.8. The number of likely N-dealkylation sites (tertiary alicyclic amines) is 1. The van der Waals surface area contributed by atoms with Crippen LogP contribution in [0, 0.1) is 0 Å². The number of carbonyl (C=O) groups is 1. The molecule has 0 radical (unpaired) electrons. The van der Waals surface area contributed by atoms with Crippen LogP contribution in [0.3, 0.4) is 0 Å². The van der Waals surface area contributed by atoms with E-state index in [1.165, 1.54) is 10.9 Å². The van der Waals surface area contributed by atoms with Crippen LogP contribution in [-0.4, -0.2) is 39.8 Å². The first-order chi connectivity index (χ1) is 12.8. The lowest BCUT2D eigenvalue weighted by atomic mass is 9.96. The second-order valence-electron chi connectivity index (χ2n) is 7.12. The molecule has 0 spiro atoms. The van der Waals surface area contributed by atoms with Crippen molar-refractivity contribution in [2.24, 2.45) is 0 Å². The first-order valence-corrected chi connectivity index (χ1v) is 9.01. The van der Waals surface area contributed by atoms with Gasteiger partial charge in [0.25, 0.3) is 5.91 Å². The molecule has 3 atom stereocenters. The van der Waals surface area contributed by atoms with Crippen LogP contribution >= 0.6 is 0 Å². The number of aromatic nitrogens is 2. The van der Waals surface area contributed by atoms with Crippen LogP contribution < -0.4 is 4.74 Å². The van der Waals surface area contributed by atoms with Crippen molar-refractivity contribution in [1.82, 2.24) is 14.7 Å². The van der Waals surface area contributed by atoms with E-state index in [9.17, 15) is 18.0 Å². The standard InChI is InChI=1S/C19H20F3N3O2/c1-12-14-6-2-3-7-15(14)27-17(12)18(26)24-9-4-5-13(11-24)25-10-8-16(23-25)19(20,21)22/h2-3,6-8,10,12-13,17H,4-5,9,11H2,1H3. The molecule has 4 rings (SSSR count). The highest BCUT2D eigenvalue weighted by Gasteiger charge is 2.40. The van der Waals surface area contributed by atoms with Gasteiger partial charge in [-0.1, -0.05) is 25.1 Å². The van der Waals surface area contributed by atoms with Crippen LogP contribution in [0.5, 0.6) is 5.75 Å². The number of carbonyl (C=O) groups excluding carboxylic acids is 1. The molecule has 8 heteroatoms. The zero-order chi connectivity index (χ0) is 19.2. The molecule has 2 aliphatic rings. The Morgan fingerprint density at radius 2 is 2.04 bits per heavy atom. The Hall–Kier alpha value is -2.51. The summed E-state index contributed by atoms with van der Waals surface area (Å²) < 4.78 is 45.6. The van der Waals surface area contributed by atoms with Gasteiger partial charge in [0.1, 0.15) is 5.75 Å². The van der Waals surface area contributed by atoms with E-state index in [0.717, 1.165) is 17.4 Å². The van der Waals surface area contributed by atoms with Crippen LogP contribution in [0.15, 0.2) is 36.5 Å². The highest BCUT2D eigenvalue weighted by molar-refractivity contribution is 5.83. The number of ether oxygens (including phenoxy) is 1. The lowest BCUT2D eigenvalue weighted by Gasteiger charge is -2.34. The van der Waals surface area contributed by atoms with E-state index >= 15 is 0 Å². The molecule has 27 heavy (non-hydrogen) atoms. The Bertz CT molecular complexity index is 849. The molecule has 3 heterocycles. The van der Waals surface area contributed by atoms with Gasteiger partial charge in [0.05, 0.1) is 6.04 Å². The van der Waals surface area contributed by atoms with Gasteiger partial charge in [-0.15, -0.1) is 0 Å². The summed E-state index contributed by atoms with van der Waals surface area (Å²) in [5, 5.41) is 3.67. The summed E-state index contributed by atoms with van der Waals surface area (Å²) in [5.74, 6) is 0.543. The molecule has 144 valence electrons. The number of benzene rings is 1. The minimum Gasteiger partial charge on any atom is -0.480 e. The molecule has 0 N–H and O–H groups in total. The largest absolute Gasteiger partial charge is 0.480 e. The molecular formula is C19H20F3N3O2. The number of halogens is 3. The van der Waals surface area contributed by atoms with Crippen molar-refractivity contribution in [1.29, 1.82) is 0 Å². The highest BCUT2D eigenvalue weighted by atomic mass is 19.4. The number of fused-ring (bicyclic) bond motifs is 1. The SMILES string of the molecule is CC1c2ccccc2OC1C(=O)N1CCCC(n2ccc(C(F)(F)F)n2)C1. The summed E-state index contributed by atoms with van der Waals surface area (Å²) in [6.07, 6.45) is -2.32. The number of para-hydroxylation sites is 1. The molecule has 1 amide bonds. The summed E-state index contributed by atoms with van der Waals surface area (Å²) >= 11 is 0. The smallest absolute Gasteiger partial charge is 0.435 e.